The molecule has 0 aromatic carbocycles. The fraction of sp³-hybridized carbons (Fsp3) is 1.00. The Morgan fingerprint density at radius 3 is 2.18 bits per heavy atom. The van der Waals surface area contributed by atoms with Gasteiger partial charge in [-0.25, -0.2) is 0 Å². The lowest BCUT2D eigenvalue weighted by molar-refractivity contribution is 0.0279. The fourth-order valence-corrected chi connectivity index (χ4v) is 2.02. The van der Waals surface area contributed by atoms with Crippen molar-refractivity contribution in [2.24, 2.45) is 11.1 Å². The Balaban J connectivity index is 2.55. The van der Waals surface area contributed by atoms with Gasteiger partial charge in [0.05, 0.1) is 6.10 Å². The number of rotatable bonds is 4. The zero-order valence-electron chi connectivity index (χ0n) is 7.76. The van der Waals surface area contributed by atoms with E-state index in [1.807, 2.05) is 0 Å². The maximum atomic E-state index is 5.90. The Kier molecular flexibility index (Phi) is 2.55. The lowest BCUT2D eigenvalue weighted by Gasteiger charge is -2.27. The van der Waals surface area contributed by atoms with Crippen molar-refractivity contribution >= 4 is 0 Å². The number of nitrogens with two attached hydrogens (primary N) is 1. The molecule has 2 atom stereocenters. The second-order valence-electron chi connectivity index (χ2n) is 3.65. The molecule has 11 heavy (non-hydrogen) atoms. The van der Waals surface area contributed by atoms with Gasteiger partial charge >= 0.3 is 0 Å². The van der Waals surface area contributed by atoms with Gasteiger partial charge in [0.15, 0.2) is 0 Å². The van der Waals surface area contributed by atoms with Crippen molar-refractivity contribution in [1.82, 2.24) is 0 Å². The van der Waals surface area contributed by atoms with Crippen molar-refractivity contribution < 1.29 is 4.74 Å². The highest BCUT2D eigenvalue weighted by molar-refractivity contribution is 5.04. The van der Waals surface area contributed by atoms with Crippen LogP contribution in [0.1, 0.15) is 33.1 Å². The summed E-state index contributed by atoms with van der Waals surface area (Å²) >= 11 is 0. The predicted octanol–water partition coefficient (Wildman–Crippen LogP) is 1.54. The Hall–Kier alpha value is -0.0800. The van der Waals surface area contributed by atoms with Crippen LogP contribution in [0.5, 0.6) is 0 Å². The number of methoxy groups -OCH3 is 1. The topological polar surface area (TPSA) is 35.2 Å². The first-order chi connectivity index (χ1) is 5.17. The van der Waals surface area contributed by atoms with Crippen molar-refractivity contribution in [1.29, 1.82) is 0 Å². The van der Waals surface area contributed by atoms with E-state index in [1.54, 1.807) is 7.11 Å². The van der Waals surface area contributed by atoms with Gasteiger partial charge in [-0.2, -0.15) is 0 Å². The first-order valence-electron chi connectivity index (χ1n) is 4.45. The molecule has 2 heteroatoms. The molecule has 0 spiro atoms. The van der Waals surface area contributed by atoms with Crippen LogP contribution in [0.25, 0.3) is 0 Å². The van der Waals surface area contributed by atoms with Crippen molar-refractivity contribution in [2.75, 3.05) is 7.11 Å². The second-order valence-corrected chi connectivity index (χ2v) is 3.65. The molecule has 66 valence electrons. The molecule has 0 radical (unpaired) electrons. The summed E-state index contributed by atoms with van der Waals surface area (Å²) in [5.41, 5.74) is 6.23. The SMILES string of the molecule is CCC(OC)C1(C(C)N)CC1. The van der Waals surface area contributed by atoms with Gasteiger partial charge in [-0.3, -0.25) is 0 Å². The van der Waals surface area contributed by atoms with E-state index in [0.29, 0.717) is 11.5 Å². The van der Waals surface area contributed by atoms with Gasteiger partial charge < -0.3 is 10.5 Å². The average molecular weight is 157 g/mol. The van der Waals surface area contributed by atoms with E-state index in [4.69, 9.17) is 10.5 Å². The predicted molar refractivity (Wildman–Crippen MR) is 46.4 cm³/mol. The molecule has 1 rings (SSSR count). The van der Waals surface area contributed by atoms with Crippen LogP contribution in [-0.2, 0) is 4.74 Å². The standard InChI is InChI=1S/C9H19NO/c1-4-8(11-3)9(5-6-9)7(2)10/h7-8H,4-6,10H2,1-3H3. The quantitative estimate of drug-likeness (QED) is 0.672. The molecule has 0 saturated heterocycles. The van der Waals surface area contributed by atoms with E-state index in [9.17, 15) is 0 Å². The van der Waals surface area contributed by atoms with Crippen molar-refractivity contribution in [3.8, 4) is 0 Å². The van der Waals surface area contributed by atoms with Gasteiger partial charge in [0.1, 0.15) is 0 Å². The summed E-state index contributed by atoms with van der Waals surface area (Å²) in [5, 5.41) is 0. The summed E-state index contributed by atoms with van der Waals surface area (Å²) in [6, 6.07) is 0.285. The Morgan fingerprint density at radius 1 is 1.55 bits per heavy atom. The van der Waals surface area contributed by atoms with Crippen LogP contribution in [-0.4, -0.2) is 19.3 Å². The van der Waals surface area contributed by atoms with E-state index >= 15 is 0 Å². The number of ether oxygens (including phenoxy) is 1. The zero-order chi connectivity index (χ0) is 8.48. The first kappa shape index (κ1) is 9.01. The zero-order valence-corrected chi connectivity index (χ0v) is 7.76. The average Bonchev–Trinajstić information content (AvgIpc) is 2.71. The van der Waals surface area contributed by atoms with Gasteiger partial charge in [0.2, 0.25) is 0 Å². The molecule has 2 nitrogen and oxygen atoms in total. The molecule has 0 aromatic heterocycles. The molecule has 0 amide bonds. The third-order valence-corrected chi connectivity index (χ3v) is 3.03. The summed E-state index contributed by atoms with van der Waals surface area (Å²) in [7, 11) is 1.79. The molecule has 1 aliphatic carbocycles. The molecule has 2 N–H and O–H groups in total. The van der Waals surface area contributed by atoms with Crippen molar-refractivity contribution in [3.63, 3.8) is 0 Å². The van der Waals surface area contributed by atoms with E-state index in [2.05, 4.69) is 13.8 Å². The molecule has 0 bridgehead atoms. The van der Waals surface area contributed by atoms with E-state index in [1.165, 1.54) is 12.8 Å². The molecule has 2 unspecified atom stereocenters. The second kappa shape index (κ2) is 3.11. The maximum absolute atomic E-state index is 5.90. The highest BCUT2D eigenvalue weighted by Crippen LogP contribution is 2.52. The Labute approximate surface area is 69.1 Å². The minimum Gasteiger partial charge on any atom is -0.381 e. The molecular formula is C9H19NO. The fourth-order valence-electron chi connectivity index (χ4n) is 2.02. The molecule has 0 heterocycles. The van der Waals surface area contributed by atoms with E-state index < -0.39 is 0 Å². The molecular weight excluding hydrogens is 138 g/mol. The first-order valence-corrected chi connectivity index (χ1v) is 4.45. The van der Waals surface area contributed by atoms with E-state index in [0.717, 1.165) is 6.42 Å². The molecule has 0 aromatic rings. The summed E-state index contributed by atoms with van der Waals surface area (Å²) in [5.74, 6) is 0. The summed E-state index contributed by atoms with van der Waals surface area (Å²) in [4.78, 5) is 0. The van der Waals surface area contributed by atoms with Crippen LogP contribution in [0.4, 0.5) is 0 Å². The monoisotopic (exact) mass is 157 g/mol. The molecule has 1 aliphatic rings. The maximum Gasteiger partial charge on any atom is 0.0639 e. The lowest BCUT2D eigenvalue weighted by atomic mass is 9.90. The van der Waals surface area contributed by atoms with Gasteiger partial charge in [-0.05, 0) is 26.2 Å². The molecule has 1 fully saturated rings. The van der Waals surface area contributed by atoms with Crippen LogP contribution in [0.15, 0.2) is 0 Å². The van der Waals surface area contributed by atoms with Gasteiger partial charge in [-0.15, -0.1) is 0 Å². The van der Waals surface area contributed by atoms with Gasteiger partial charge in [-0.1, -0.05) is 6.92 Å². The Morgan fingerprint density at radius 2 is 2.09 bits per heavy atom. The minimum absolute atomic E-state index is 0.285. The van der Waals surface area contributed by atoms with Crippen LogP contribution in [0, 0.1) is 5.41 Å². The molecule has 0 aliphatic heterocycles. The third kappa shape index (κ3) is 1.42. The minimum atomic E-state index is 0.285. The third-order valence-electron chi connectivity index (χ3n) is 3.03. The summed E-state index contributed by atoms with van der Waals surface area (Å²) in [6.45, 7) is 4.26. The molecule has 1 saturated carbocycles. The highest BCUT2D eigenvalue weighted by atomic mass is 16.5. The van der Waals surface area contributed by atoms with Gasteiger partial charge in [0.25, 0.3) is 0 Å². The van der Waals surface area contributed by atoms with Crippen LogP contribution < -0.4 is 5.73 Å². The van der Waals surface area contributed by atoms with E-state index in [-0.39, 0.29) is 6.04 Å². The summed E-state index contributed by atoms with van der Waals surface area (Å²) in [6.07, 6.45) is 3.95. The number of hydrogen-bond donors (Lipinski definition) is 1. The normalized spacial score (nSPS) is 26.2. The van der Waals surface area contributed by atoms with Crippen molar-refractivity contribution in [3.05, 3.63) is 0 Å². The highest BCUT2D eigenvalue weighted by Gasteiger charge is 2.51. The lowest BCUT2D eigenvalue weighted by Crippen LogP contribution is -2.38. The van der Waals surface area contributed by atoms with Crippen LogP contribution in [0.2, 0.25) is 0 Å². The largest absolute Gasteiger partial charge is 0.381 e. The van der Waals surface area contributed by atoms with Crippen LogP contribution >= 0.6 is 0 Å². The number of hydrogen-bond acceptors (Lipinski definition) is 2. The summed E-state index contributed by atoms with van der Waals surface area (Å²) < 4.78 is 5.41. The van der Waals surface area contributed by atoms with Crippen molar-refractivity contribution in [2.45, 2.75) is 45.3 Å². The van der Waals surface area contributed by atoms with Crippen LogP contribution in [0.3, 0.4) is 0 Å². The van der Waals surface area contributed by atoms with Gasteiger partial charge in [0, 0.05) is 18.6 Å². The smallest absolute Gasteiger partial charge is 0.0639 e. The Bertz CT molecular complexity index is 126.